The topological polar surface area (TPSA) is 32.3 Å². The molecule has 0 aliphatic heterocycles. The Hall–Kier alpha value is -1.07. The maximum Gasteiger partial charge on any atom is 0.415 e. The molecule has 0 heterocycles. The van der Waals surface area contributed by atoms with Crippen LogP contribution in [0.5, 0.6) is 0 Å². The molecule has 0 saturated heterocycles. The fraction of sp³-hybridized carbons (Fsp3) is 0.500. The zero-order chi connectivity index (χ0) is 12.9. The van der Waals surface area contributed by atoms with Crippen LogP contribution in [0.4, 0.5) is 13.2 Å². The first-order chi connectivity index (χ1) is 7.89. The molecule has 0 aliphatic rings. The molecule has 0 amide bonds. The van der Waals surface area contributed by atoms with Gasteiger partial charge in [0.05, 0.1) is 0 Å². The van der Waals surface area contributed by atoms with Crippen molar-refractivity contribution in [3.63, 3.8) is 0 Å². The van der Waals surface area contributed by atoms with Gasteiger partial charge in [-0.25, -0.2) is 0 Å². The van der Waals surface area contributed by atoms with Gasteiger partial charge >= 0.3 is 6.18 Å². The van der Waals surface area contributed by atoms with Gasteiger partial charge in [-0.15, -0.1) is 0 Å². The number of aliphatic hydroxyl groups is 1. The van der Waals surface area contributed by atoms with E-state index in [4.69, 9.17) is 5.11 Å². The number of hydrogen-bond acceptors (Lipinski definition) is 2. The average molecular weight is 247 g/mol. The smallest absolute Gasteiger partial charge is 0.382 e. The van der Waals surface area contributed by atoms with Crippen molar-refractivity contribution >= 4 is 0 Å². The lowest BCUT2D eigenvalue weighted by molar-refractivity contribution is -0.201. The van der Waals surface area contributed by atoms with E-state index in [9.17, 15) is 13.2 Å². The Labute approximate surface area is 98.5 Å². The van der Waals surface area contributed by atoms with E-state index >= 15 is 0 Å². The van der Waals surface area contributed by atoms with E-state index in [1.54, 1.807) is 0 Å². The predicted octanol–water partition coefficient (Wildman–Crippen LogP) is 2.05. The minimum absolute atomic E-state index is 0.413. The minimum Gasteiger partial charge on any atom is -0.382 e. The lowest BCUT2D eigenvalue weighted by Crippen LogP contribution is -2.39. The van der Waals surface area contributed by atoms with Crippen LogP contribution in [-0.4, -0.2) is 30.5 Å². The molecule has 0 spiro atoms. The number of nitrogens with one attached hydrogen (secondary N) is 1. The standard InChI is InChI=1S/C12H16F3NO/c1-9-3-2-4-10(7-9)5-6-16-8-11(17)12(13,14)15/h2-4,7,11,16-17H,5-6,8H2,1H3. The number of alkyl halides is 3. The second kappa shape index (κ2) is 6.02. The Balaban J connectivity index is 2.25. The molecule has 96 valence electrons. The van der Waals surface area contributed by atoms with E-state index in [0.29, 0.717) is 13.0 Å². The van der Waals surface area contributed by atoms with Crippen LogP contribution >= 0.6 is 0 Å². The van der Waals surface area contributed by atoms with Crippen LogP contribution in [0, 0.1) is 6.92 Å². The van der Waals surface area contributed by atoms with Crippen molar-refractivity contribution in [2.24, 2.45) is 0 Å². The molecular formula is C12H16F3NO. The summed E-state index contributed by atoms with van der Waals surface area (Å²) in [6, 6.07) is 7.79. The number of aliphatic hydroxyl groups excluding tert-OH is 1. The first-order valence-electron chi connectivity index (χ1n) is 5.40. The van der Waals surface area contributed by atoms with Gasteiger partial charge in [0.25, 0.3) is 0 Å². The van der Waals surface area contributed by atoms with Crippen LogP contribution in [0.25, 0.3) is 0 Å². The monoisotopic (exact) mass is 247 g/mol. The molecule has 1 unspecified atom stereocenters. The van der Waals surface area contributed by atoms with Gasteiger partial charge in [0, 0.05) is 6.54 Å². The maximum absolute atomic E-state index is 12.0. The Kier molecular flexibility index (Phi) is 4.96. The van der Waals surface area contributed by atoms with Crippen molar-refractivity contribution in [2.75, 3.05) is 13.1 Å². The molecule has 5 heteroatoms. The van der Waals surface area contributed by atoms with Crippen molar-refractivity contribution in [1.29, 1.82) is 0 Å². The van der Waals surface area contributed by atoms with Crippen LogP contribution in [0.2, 0.25) is 0 Å². The molecule has 1 aromatic rings. The number of halogens is 3. The van der Waals surface area contributed by atoms with Gasteiger partial charge < -0.3 is 10.4 Å². The molecule has 2 N–H and O–H groups in total. The Morgan fingerprint density at radius 1 is 1.35 bits per heavy atom. The van der Waals surface area contributed by atoms with Crippen LogP contribution in [0.3, 0.4) is 0 Å². The molecule has 0 fully saturated rings. The van der Waals surface area contributed by atoms with Gasteiger partial charge in [0.1, 0.15) is 0 Å². The van der Waals surface area contributed by atoms with Crippen LogP contribution in [-0.2, 0) is 6.42 Å². The fourth-order valence-electron chi connectivity index (χ4n) is 1.45. The summed E-state index contributed by atoms with van der Waals surface area (Å²) in [5.74, 6) is 0. The quantitative estimate of drug-likeness (QED) is 0.780. The van der Waals surface area contributed by atoms with Crippen LogP contribution < -0.4 is 5.32 Å². The van der Waals surface area contributed by atoms with E-state index in [0.717, 1.165) is 11.1 Å². The van der Waals surface area contributed by atoms with Gasteiger partial charge in [-0.3, -0.25) is 0 Å². The largest absolute Gasteiger partial charge is 0.415 e. The summed E-state index contributed by atoms with van der Waals surface area (Å²) in [5, 5.41) is 11.3. The molecule has 0 radical (unpaired) electrons. The predicted molar refractivity (Wildman–Crippen MR) is 59.8 cm³/mol. The molecule has 2 nitrogen and oxygen atoms in total. The minimum atomic E-state index is -4.55. The molecule has 0 aromatic heterocycles. The highest BCUT2D eigenvalue weighted by molar-refractivity contribution is 5.22. The molecule has 1 aromatic carbocycles. The Morgan fingerprint density at radius 3 is 2.65 bits per heavy atom. The zero-order valence-corrected chi connectivity index (χ0v) is 9.59. The molecule has 0 saturated carbocycles. The van der Waals surface area contributed by atoms with E-state index in [-0.39, 0.29) is 0 Å². The third-order valence-electron chi connectivity index (χ3n) is 2.39. The molecule has 0 bridgehead atoms. The molecular weight excluding hydrogens is 231 g/mol. The summed E-state index contributed by atoms with van der Waals surface area (Å²) in [6.07, 6.45) is -6.19. The van der Waals surface area contributed by atoms with Gasteiger partial charge in [-0.2, -0.15) is 13.2 Å². The lowest BCUT2D eigenvalue weighted by atomic mass is 10.1. The number of benzene rings is 1. The highest BCUT2D eigenvalue weighted by Gasteiger charge is 2.37. The summed E-state index contributed by atoms with van der Waals surface area (Å²) < 4.78 is 35.9. The summed E-state index contributed by atoms with van der Waals surface area (Å²) in [4.78, 5) is 0. The first kappa shape index (κ1) is 14.0. The Bertz CT molecular complexity index is 352. The van der Waals surface area contributed by atoms with E-state index in [1.165, 1.54) is 0 Å². The van der Waals surface area contributed by atoms with Crippen molar-refractivity contribution in [3.8, 4) is 0 Å². The normalized spacial score (nSPS) is 13.7. The highest BCUT2D eigenvalue weighted by atomic mass is 19.4. The van der Waals surface area contributed by atoms with Crippen molar-refractivity contribution in [1.82, 2.24) is 5.32 Å². The first-order valence-corrected chi connectivity index (χ1v) is 5.40. The average Bonchev–Trinajstić information content (AvgIpc) is 2.23. The van der Waals surface area contributed by atoms with E-state index < -0.39 is 18.8 Å². The number of hydrogen-bond donors (Lipinski definition) is 2. The second-order valence-corrected chi connectivity index (χ2v) is 4.00. The van der Waals surface area contributed by atoms with E-state index in [1.807, 2.05) is 31.2 Å². The van der Waals surface area contributed by atoms with Gasteiger partial charge in [0.15, 0.2) is 6.10 Å². The maximum atomic E-state index is 12.0. The van der Waals surface area contributed by atoms with Crippen molar-refractivity contribution in [2.45, 2.75) is 25.6 Å². The van der Waals surface area contributed by atoms with Gasteiger partial charge in [0.2, 0.25) is 0 Å². The molecule has 17 heavy (non-hydrogen) atoms. The summed E-state index contributed by atoms with van der Waals surface area (Å²) in [7, 11) is 0. The second-order valence-electron chi connectivity index (χ2n) is 4.00. The van der Waals surface area contributed by atoms with E-state index in [2.05, 4.69) is 5.32 Å². The number of rotatable bonds is 5. The van der Waals surface area contributed by atoms with Gasteiger partial charge in [-0.1, -0.05) is 29.8 Å². The summed E-state index contributed by atoms with van der Waals surface area (Å²) in [6.45, 7) is 1.91. The zero-order valence-electron chi connectivity index (χ0n) is 9.59. The lowest BCUT2D eigenvalue weighted by Gasteiger charge is -2.14. The van der Waals surface area contributed by atoms with Crippen LogP contribution in [0.15, 0.2) is 24.3 Å². The highest BCUT2D eigenvalue weighted by Crippen LogP contribution is 2.19. The molecule has 1 rings (SSSR count). The fourth-order valence-corrected chi connectivity index (χ4v) is 1.45. The van der Waals surface area contributed by atoms with Gasteiger partial charge in [-0.05, 0) is 25.5 Å². The summed E-state index contributed by atoms with van der Waals surface area (Å²) in [5.41, 5.74) is 2.19. The van der Waals surface area contributed by atoms with Crippen molar-refractivity contribution < 1.29 is 18.3 Å². The Morgan fingerprint density at radius 2 is 2.06 bits per heavy atom. The molecule has 1 atom stereocenters. The van der Waals surface area contributed by atoms with Crippen LogP contribution in [0.1, 0.15) is 11.1 Å². The summed E-state index contributed by atoms with van der Waals surface area (Å²) >= 11 is 0. The number of aryl methyl sites for hydroxylation is 1. The van der Waals surface area contributed by atoms with Crippen molar-refractivity contribution in [3.05, 3.63) is 35.4 Å². The SMILES string of the molecule is Cc1cccc(CCNCC(O)C(F)(F)F)c1. The molecule has 0 aliphatic carbocycles. The third-order valence-corrected chi connectivity index (χ3v) is 2.39. The third kappa shape index (κ3) is 5.19.